The predicted molar refractivity (Wildman–Crippen MR) is 224 cm³/mol. The molecule has 2 aliphatic rings. The molecule has 9 nitrogen and oxygen atoms in total. The van der Waals surface area contributed by atoms with Crippen LogP contribution in [-0.4, -0.2) is 81.0 Å². The Balaban J connectivity index is 1.21. The van der Waals surface area contributed by atoms with Gasteiger partial charge < -0.3 is 42.6 Å². The van der Waals surface area contributed by atoms with Gasteiger partial charge in [0.25, 0.3) is 0 Å². The highest BCUT2D eigenvalue weighted by atomic mass is 32.2. The van der Waals surface area contributed by atoms with Gasteiger partial charge in [0.05, 0.1) is 45.7 Å². The third-order valence-electron chi connectivity index (χ3n) is 10.2. The summed E-state index contributed by atoms with van der Waals surface area (Å²) < 4.78 is 60.3. The summed E-state index contributed by atoms with van der Waals surface area (Å²) in [5, 5.41) is 0. The summed E-state index contributed by atoms with van der Waals surface area (Å²) in [6.07, 6.45) is -3.62. The molecule has 2 aliphatic heterocycles. The molecule has 0 N–H and O–H groups in total. The van der Waals surface area contributed by atoms with Crippen LogP contribution in [-0.2, 0) is 75.7 Å². The molecule has 2 heterocycles. The van der Waals surface area contributed by atoms with Gasteiger partial charge >= 0.3 is 0 Å². The zero-order valence-electron chi connectivity index (χ0n) is 33.2. The zero-order valence-corrected chi connectivity index (χ0v) is 34.0. The molecule has 0 spiro atoms. The van der Waals surface area contributed by atoms with Crippen molar-refractivity contribution < 1.29 is 42.6 Å². The van der Waals surface area contributed by atoms with Gasteiger partial charge in [0.1, 0.15) is 36.6 Å². The lowest BCUT2D eigenvalue weighted by Gasteiger charge is -2.46. The first-order valence-electron chi connectivity index (χ1n) is 19.9. The third-order valence-corrected chi connectivity index (χ3v) is 10.9. The summed E-state index contributed by atoms with van der Waals surface area (Å²) in [4.78, 5) is 0. The van der Waals surface area contributed by atoms with Crippen molar-refractivity contribution in [3.63, 3.8) is 0 Å². The van der Waals surface area contributed by atoms with Gasteiger partial charge in [-0.1, -0.05) is 152 Å². The van der Waals surface area contributed by atoms with Crippen LogP contribution in [0.1, 0.15) is 27.8 Å². The monoisotopic (exact) mass is 806 g/mol. The Morgan fingerprint density at radius 2 is 0.810 bits per heavy atom. The molecule has 7 rings (SSSR count). The Labute approximate surface area is 346 Å². The average molecular weight is 807 g/mol. The number of benzene rings is 5. The molecule has 58 heavy (non-hydrogen) atoms. The van der Waals surface area contributed by atoms with Crippen molar-refractivity contribution >= 4 is 11.8 Å². The molecule has 0 aliphatic carbocycles. The zero-order chi connectivity index (χ0) is 39.8. The Bertz CT molecular complexity index is 1860. The van der Waals surface area contributed by atoms with Gasteiger partial charge in [-0.2, -0.15) is 11.8 Å². The largest absolute Gasteiger partial charge is 0.374 e. The van der Waals surface area contributed by atoms with Crippen LogP contribution in [0.15, 0.2) is 152 Å². The fraction of sp³-hybridized carbons (Fsp3) is 0.375. The van der Waals surface area contributed by atoms with E-state index < -0.39 is 49.2 Å². The summed E-state index contributed by atoms with van der Waals surface area (Å²) in [5.41, 5.74) is 5.16. The normalized spacial score (nSPS) is 25.8. The number of rotatable bonds is 21. The smallest absolute Gasteiger partial charge is 0.187 e. The number of ether oxygens (including phenoxy) is 9. The van der Waals surface area contributed by atoms with Crippen LogP contribution in [0.5, 0.6) is 0 Å². The van der Waals surface area contributed by atoms with Crippen molar-refractivity contribution in [3.05, 3.63) is 179 Å². The number of hydrogen-bond acceptors (Lipinski definition) is 10. The fourth-order valence-electron chi connectivity index (χ4n) is 7.30. The van der Waals surface area contributed by atoms with Crippen LogP contribution in [0.4, 0.5) is 0 Å². The lowest BCUT2D eigenvalue weighted by molar-refractivity contribution is -0.342. The second kappa shape index (κ2) is 22.5. The van der Waals surface area contributed by atoms with Crippen molar-refractivity contribution in [3.8, 4) is 0 Å². The molecule has 5 aromatic rings. The van der Waals surface area contributed by atoms with Crippen molar-refractivity contribution in [1.29, 1.82) is 0 Å². The second-order valence-corrected chi connectivity index (χ2v) is 15.3. The molecule has 0 amide bonds. The van der Waals surface area contributed by atoms with Crippen molar-refractivity contribution in [2.75, 3.05) is 25.7 Å². The van der Waals surface area contributed by atoms with E-state index in [1.807, 2.05) is 140 Å². The lowest BCUT2D eigenvalue weighted by Crippen LogP contribution is -2.62. The van der Waals surface area contributed by atoms with E-state index in [0.29, 0.717) is 38.8 Å². The summed E-state index contributed by atoms with van der Waals surface area (Å²) in [5.74, 6) is 0.678. The maximum atomic E-state index is 7.20. The van der Waals surface area contributed by atoms with Crippen LogP contribution in [0.3, 0.4) is 0 Å². The maximum absolute atomic E-state index is 7.20. The van der Waals surface area contributed by atoms with Gasteiger partial charge in [0.15, 0.2) is 12.6 Å². The number of thioether (sulfide) groups is 1. The molecule has 0 saturated carbocycles. The predicted octanol–water partition coefficient (Wildman–Crippen LogP) is 8.39. The average Bonchev–Trinajstić information content (AvgIpc) is 3.60. The SMILES string of the molecule is CO[C@H]1O[C@H](COCc2ccccc2)[C@@H](O[C@@H]2O[C@@H](CSC)[C@@H](OCc3ccccc3)[C@@H]2OCc2ccccc2)[C@H](OCc2ccccc2)[C@@H]1OCc1ccccc1. The Morgan fingerprint density at radius 1 is 0.431 bits per heavy atom. The van der Waals surface area contributed by atoms with Gasteiger partial charge in [-0.15, -0.1) is 0 Å². The molecule has 2 saturated heterocycles. The Morgan fingerprint density at radius 3 is 1.24 bits per heavy atom. The molecule has 5 aromatic carbocycles. The van der Waals surface area contributed by atoms with E-state index >= 15 is 0 Å². The van der Waals surface area contributed by atoms with Crippen molar-refractivity contribution in [2.24, 2.45) is 0 Å². The van der Waals surface area contributed by atoms with Crippen LogP contribution in [0.25, 0.3) is 0 Å². The van der Waals surface area contributed by atoms with Crippen molar-refractivity contribution in [1.82, 2.24) is 0 Å². The van der Waals surface area contributed by atoms with E-state index in [1.54, 1.807) is 18.9 Å². The second-order valence-electron chi connectivity index (χ2n) is 14.4. The van der Waals surface area contributed by atoms with E-state index in [-0.39, 0.29) is 12.7 Å². The molecule has 306 valence electrons. The Hall–Kier alpha value is -3.91. The minimum absolute atomic E-state index is 0.195. The number of methoxy groups -OCH3 is 1. The number of hydrogen-bond donors (Lipinski definition) is 0. The molecular weight excluding hydrogens is 753 g/mol. The van der Waals surface area contributed by atoms with Gasteiger partial charge in [-0.25, -0.2) is 0 Å². The van der Waals surface area contributed by atoms with Crippen molar-refractivity contribution in [2.45, 2.75) is 88.3 Å². The first kappa shape index (κ1) is 42.2. The van der Waals surface area contributed by atoms with Gasteiger partial charge in [-0.3, -0.25) is 0 Å². The van der Waals surface area contributed by atoms with E-state index in [1.165, 1.54) is 0 Å². The minimum Gasteiger partial charge on any atom is -0.374 e. The van der Waals surface area contributed by atoms with Gasteiger partial charge in [0.2, 0.25) is 0 Å². The van der Waals surface area contributed by atoms with E-state index in [2.05, 4.69) is 18.4 Å². The molecule has 0 bridgehead atoms. The lowest BCUT2D eigenvalue weighted by atomic mass is 9.97. The molecule has 0 aromatic heterocycles. The topological polar surface area (TPSA) is 83.1 Å². The maximum Gasteiger partial charge on any atom is 0.187 e. The highest BCUT2D eigenvalue weighted by Crippen LogP contribution is 2.36. The van der Waals surface area contributed by atoms with Crippen LogP contribution in [0, 0.1) is 0 Å². The molecule has 10 heteroatoms. The first-order valence-corrected chi connectivity index (χ1v) is 21.3. The summed E-state index contributed by atoms with van der Waals surface area (Å²) in [6.45, 7) is 1.95. The highest BCUT2D eigenvalue weighted by Gasteiger charge is 2.54. The molecule has 9 atom stereocenters. The van der Waals surface area contributed by atoms with E-state index in [4.69, 9.17) is 42.6 Å². The van der Waals surface area contributed by atoms with Gasteiger partial charge in [0, 0.05) is 12.9 Å². The quantitative estimate of drug-likeness (QED) is 0.0722. The summed E-state index contributed by atoms with van der Waals surface area (Å²) in [6, 6.07) is 50.4. The standard InChI is InChI=1S/C48H54O9S/c1-49-47-46(54-32-39-26-16-7-17-27-39)44(52-30-37-22-12-5-13-23-37)43(40(55-47)33-50-28-35-18-8-3-9-19-35)57-48-45(53-31-38-24-14-6-15-25-38)42(41(56-48)34-58-2)51-29-36-20-10-4-11-21-36/h3-27,40-48H,28-34H2,1-2H3/t40-,41+,42-,43-,44+,45+,46+,47+,48+/m1/s1. The van der Waals surface area contributed by atoms with Crippen LogP contribution < -0.4 is 0 Å². The molecular formula is C48H54O9S. The molecule has 2 fully saturated rings. The Kier molecular flexibility index (Phi) is 16.3. The minimum atomic E-state index is -0.844. The third kappa shape index (κ3) is 11.9. The fourth-order valence-corrected chi connectivity index (χ4v) is 7.90. The van der Waals surface area contributed by atoms with Crippen LogP contribution >= 0.6 is 11.8 Å². The molecule has 0 unspecified atom stereocenters. The van der Waals surface area contributed by atoms with E-state index in [9.17, 15) is 0 Å². The van der Waals surface area contributed by atoms with E-state index in [0.717, 1.165) is 27.8 Å². The highest BCUT2D eigenvalue weighted by molar-refractivity contribution is 7.98. The van der Waals surface area contributed by atoms with Crippen LogP contribution in [0.2, 0.25) is 0 Å². The summed E-state index contributed by atoms with van der Waals surface area (Å²) >= 11 is 1.69. The summed E-state index contributed by atoms with van der Waals surface area (Å²) in [7, 11) is 1.62. The van der Waals surface area contributed by atoms with Gasteiger partial charge in [-0.05, 0) is 34.1 Å². The molecule has 0 radical (unpaired) electrons. The first-order chi connectivity index (χ1) is 28.7.